The number of nitrogens with one attached hydrogen (secondary N) is 1. The van der Waals surface area contributed by atoms with E-state index in [1.54, 1.807) is 11.8 Å². The van der Waals surface area contributed by atoms with Gasteiger partial charge in [-0.05, 0) is 24.5 Å². The van der Waals surface area contributed by atoms with Gasteiger partial charge in [0.25, 0.3) is 0 Å². The number of nitrogens with zero attached hydrogens (tertiary/aromatic N) is 1. The van der Waals surface area contributed by atoms with Crippen molar-refractivity contribution in [2.24, 2.45) is 5.73 Å². The Kier molecular flexibility index (Phi) is 5.21. The van der Waals surface area contributed by atoms with Crippen LogP contribution in [-0.4, -0.2) is 28.9 Å². The molecule has 0 aliphatic rings. The van der Waals surface area contributed by atoms with E-state index in [4.69, 9.17) is 5.73 Å². The molecule has 0 saturated heterocycles. The minimum Gasteiger partial charge on any atom is -0.322 e. The summed E-state index contributed by atoms with van der Waals surface area (Å²) in [6, 6.07) is 0.786. The minimum absolute atomic E-state index is 0.111. The molecule has 1 amide bonds. The van der Waals surface area contributed by atoms with E-state index in [0.717, 1.165) is 11.9 Å². The molecule has 1 aromatic heterocycles. The summed E-state index contributed by atoms with van der Waals surface area (Å²) in [7, 11) is 0. The fourth-order valence-corrected chi connectivity index (χ4v) is 1.57. The van der Waals surface area contributed by atoms with Crippen LogP contribution in [0.15, 0.2) is 18.5 Å². The van der Waals surface area contributed by atoms with Crippen LogP contribution in [0.25, 0.3) is 0 Å². The number of anilines is 1. The van der Waals surface area contributed by atoms with Gasteiger partial charge in [0.2, 0.25) is 5.91 Å². The third-order valence-electron chi connectivity index (χ3n) is 2.00. The number of hydrogen-bond acceptors (Lipinski definition) is 4. The molecular weight excluding hydrogens is 229 g/mol. The molecule has 0 radical (unpaired) electrons. The summed E-state index contributed by atoms with van der Waals surface area (Å²) in [5, 5.41) is 2.43. The molecular formula is C10H14FN3OS. The maximum Gasteiger partial charge on any atom is 0.241 e. The Balaban J connectivity index is 2.54. The number of halogens is 1. The molecule has 4 nitrogen and oxygen atoms in total. The van der Waals surface area contributed by atoms with Gasteiger partial charge in [0, 0.05) is 6.20 Å². The highest BCUT2D eigenvalue weighted by Crippen LogP contribution is 2.11. The van der Waals surface area contributed by atoms with Crippen molar-refractivity contribution in [3.63, 3.8) is 0 Å². The Labute approximate surface area is 97.8 Å². The summed E-state index contributed by atoms with van der Waals surface area (Å²) in [5.41, 5.74) is 5.75. The molecule has 0 fully saturated rings. The Morgan fingerprint density at radius 2 is 2.50 bits per heavy atom. The van der Waals surface area contributed by atoms with E-state index in [-0.39, 0.29) is 11.6 Å². The Morgan fingerprint density at radius 1 is 1.75 bits per heavy atom. The quantitative estimate of drug-likeness (QED) is 0.816. The maximum atomic E-state index is 13.1. The summed E-state index contributed by atoms with van der Waals surface area (Å²) in [4.78, 5) is 15.1. The van der Waals surface area contributed by atoms with E-state index in [1.165, 1.54) is 12.3 Å². The molecule has 0 aromatic carbocycles. The molecule has 16 heavy (non-hydrogen) atoms. The van der Waals surface area contributed by atoms with E-state index < -0.39 is 11.9 Å². The monoisotopic (exact) mass is 243 g/mol. The fourth-order valence-electron chi connectivity index (χ4n) is 1.08. The molecule has 0 aliphatic carbocycles. The zero-order chi connectivity index (χ0) is 12.0. The summed E-state index contributed by atoms with van der Waals surface area (Å²) in [6.07, 6.45) is 4.96. The first-order valence-corrected chi connectivity index (χ1v) is 6.19. The highest BCUT2D eigenvalue weighted by molar-refractivity contribution is 7.98. The molecule has 0 aliphatic heterocycles. The molecule has 1 rings (SSSR count). The van der Waals surface area contributed by atoms with E-state index in [0.29, 0.717) is 6.42 Å². The van der Waals surface area contributed by atoms with Gasteiger partial charge in [-0.15, -0.1) is 0 Å². The zero-order valence-electron chi connectivity index (χ0n) is 8.94. The van der Waals surface area contributed by atoms with Crippen molar-refractivity contribution in [1.29, 1.82) is 0 Å². The number of amides is 1. The third kappa shape index (κ3) is 3.79. The van der Waals surface area contributed by atoms with Gasteiger partial charge in [-0.3, -0.25) is 9.78 Å². The molecule has 0 unspecified atom stereocenters. The van der Waals surface area contributed by atoms with Crippen molar-refractivity contribution >= 4 is 23.4 Å². The van der Waals surface area contributed by atoms with E-state index >= 15 is 0 Å². The molecule has 1 heterocycles. The number of hydrogen-bond donors (Lipinski definition) is 2. The minimum atomic E-state index is -0.611. The van der Waals surface area contributed by atoms with Gasteiger partial charge >= 0.3 is 0 Å². The topological polar surface area (TPSA) is 68.0 Å². The molecule has 0 bridgehead atoms. The standard InChI is InChI=1S/C10H14FN3OS/c1-16-5-3-8(12)10(15)14-9-2-4-13-6-7(9)11/h2,4,6,8H,3,5,12H2,1H3,(H,13,14,15)/t8-/m0/s1. The number of carbonyl (C=O) groups excluding carboxylic acids is 1. The van der Waals surface area contributed by atoms with Crippen LogP contribution in [0.1, 0.15) is 6.42 Å². The van der Waals surface area contributed by atoms with Gasteiger partial charge in [0.05, 0.1) is 17.9 Å². The normalized spacial score (nSPS) is 12.2. The van der Waals surface area contributed by atoms with Crippen LogP contribution >= 0.6 is 11.8 Å². The lowest BCUT2D eigenvalue weighted by atomic mass is 10.2. The number of pyridine rings is 1. The predicted molar refractivity (Wildman–Crippen MR) is 63.8 cm³/mol. The lowest BCUT2D eigenvalue weighted by Crippen LogP contribution is -2.36. The second kappa shape index (κ2) is 6.44. The molecule has 1 atom stereocenters. The molecule has 88 valence electrons. The first kappa shape index (κ1) is 12.9. The van der Waals surface area contributed by atoms with Gasteiger partial charge in [0.1, 0.15) is 0 Å². The van der Waals surface area contributed by atoms with Gasteiger partial charge in [-0.25, -0.2) is 4.39 Å². The molecule has 0 spiro atoms. The lowest BCUT2D eigenvalue weighted by Gasteiger charge is -2.11. The van der Waals surface area contributed by atoms with Gasteiger partial charge in [0.15, 0.2) is 5.82 Å². The second-order valence-corrected chi connectivity index (χ2v) is 4.22. The number of carbonyl (C=O) groups is 1. The van der Waals surface area contributed by atoms with Crippen molar-refractivity contribution < 1.29 is 9.18 Å². The smallest absolute Gasteiger partial charge is 0.241 e. The average molecular weight is 243 g/mol. The van der Waals surface area contributed by atoms with Crippen LogP contribution in [0, 0.1) is 5.82 Å². The molecule has 6 heteroatoms. The number of aromatic nitrogens is 1. The Morgan fingerprint density at radius 3 is 3.12 bits per heavy atom. The zero-order valence-corrected chi connectivity index (χ0v) is 9.76. The van der Waals surface area contributed by atoms with Crippen LogP contribution < -0.4 is 11.1 Å². The fraction of sp³-hybridized carbons (Fsp3) is 0.400. The van der Waals surface area contributed by atoms with Crippen molar-refractivity contribution in [3.8, 4) is 0 Å². The predicted octanol–water partition coefficient (Wildman–Crippen LogP) is 1.24. The summed E-state index contributed by atoms with van der Waals surface area (Å²) >= 11 is 1.61. The van der Waals surface area contributed by atoms with E-state index in [2.05, 4.69) is 10.3 Å². The number of nitrogens with two attached hydrogens (primary N) is 1. The first-order chi connectivity index (χ1) is 7.65. The van der Waals surface area contributed by atoms with Crippen LogP contribution in [-0.2, 0) is 4.79 Å². The van der Waals surface area contributed by atoms with Gasteiger partial charge in [-0.2, -0.15) is 11.8 Å². The van der Waals surface area contributed by atoms with Crippen molar-refractivity contribution in [2.45, 2.75) is 12.5 Å². The Bertz CT molecular complexity index is 362. The number of rotatable bonds is 5. The van der Waals surface area contributed by atoms with Gasteiger partial charge in [-0.1, -0.05) is 0 Å². The van der Waals surface area contributed by atoms with Crippen molar-refractivity contribution in [2.75, 3.05) is 17.3 Å². The lowest BCUT2D eigenvalue weighted by molar-refractivity contribution is -0.117. The van der Waals surface area contributed by atoms with Crippen LogP contribution in [0.4, 0.5) is 10.1 Å². The molecule has 0 saturated carbocycles. The largest absolute Gasteiger partial charge is 0.322 e. The average Bonchev–Trinajstić information content (AvgIpc) is 2.28. The third-order valence-corrected chi connectivity index (χ3v) is 2.64. The summed E-state index contributed by atoms with van der Waals surface area (Å²) < 4.78 is 13.1. The second-order valence-electron chi connectivity index (χ2n) is 3.23. The van der Waals surface area contributed by atoms with Crippen LogP contribution in [0.3, 0.4) is 0 Å². The molecule has 1 aromatic rings. The van der Waals surface area contributed by atoms with Crippen molar-refractivity contribution in [3.05, 3.63) is 24.3 Å². The van der Waals surface area contributed by atoms with E-state index in [9.17, 15) is 9.18 Å². The highest BCUT2D eigenvalue weighted by atomic mass is 32.2. The van der Waals surface area contributed by atoms with Crippen LogP contribution in [0.5, 0.6) is 0 Å². The number of thioether (sulfide) groups is 1. The maximum absolute atomic E-state index is 13.1. The van der Waals surface area contributed by atoms with Crippen molar-refractivity contribution in [1.82, 2.24) is 4.98 Å². The first-order valence-electron chi connectivity index (χ1n) is 4.80. The SMILES string of the molecule is CSCC[C@H](N)C(=O)Nc1ccncc1F. The van der Waals surface area contributed by atoms with Crippen LogP contribution in [0.2, 0.25) is 0 Å². The highest BCUT2D eigenvalue weighted by Gasteiger charge is 2.14. The Hall–Kier alpha value is -1.14. The van der Waals surface area contributed by atoms with Gasteiger partial charge < -0.3 is 11.1 Å². The molecule has 3 N–H and O–H groups in total. The summed E-state index contributed by atoms with van der Waals surface area (Å²) in [5.74, 6) is -0.139. The van der Waals surface area contributed by atoms with E-state index in [1.807, 2.05) is 6.26 Å². The summed E-state index contributed by atoms with van der Waals surface area (Å²) in [6.45, 7) is 0.